The Morgan fingerprint density at radius 2 is 1.96 bits per heavy atom. The van der Waals surface area contributed by atoms with Gasteiger partial charge in [-0.2, -0.15) is 0 Å². The van der Waals surface area contributed by atoms with Crippen molar-refractivity contribution in [3.05, 3.63) is 65.3 Å². The molecule has 5 nitrogen and oxygen atoms in total. The lowest BCUT2D eigenvalue weighted by Gasteiger charge is -2.11. The first kappa shape index (κ1) is 18.0. The molecule has 1 amide bonds. The van der Waals surface area contributed by atoms with Crippen LogP contribution in [0.5, 0.6) is 11.5 Å². The number of hydrogen-bond acceptors (Lipinski definition) is 4. The highest BCUT2D eigenvalue weighted by Crippen LogP contribution is 2.29. The number of nitrogens with zero attached hydrogens (tertiary/aromatic N) is 1. The zero-order valence-corrected chi connectivity index (χ0v) is 15.1. The summed E-state index contributed by atoms with van der Waals surface area (Å²) in [7, 11) is 1.63. The average Bonchev–Trinajstić information content (AvgIpc) is 2.68. The number of nitrogens with one attached hydrogen (secondary N) is 1. The molecule has 0 aliphatic heterocycles. The van der Waals surface area contributed by atoms with Crippen LogP contribution in [-0.2, 0) is 11.2 Å². The SMILES string of the molecule is COc1ccccc1CCNC(=O)COc1ccc(Cl)c2cccnc12. The van der Waals surface area contributed by atoms with E-state index < -0.39 is 0 Å². The van der Waals surface area contributed by atoms with Crippen LogP contribution in [-0.4, -0.2) is 31.2 Å². The molecule has 0 aliphatic carbocycles. The Kier molecular flexibility index (Phi) is 5.92. The number of carbonyl (C=O) groups is 1. The predicted octanol–water partition coefficient (Wildman–Crippen LogP) is 3.63. The number of fused-ring (bicyclic) bond motifs is 1. The molecule has 0 atom stereocenters. The molecular formula is C20H19ClN2O3. The summed E-state index contributed by atoms with van der Waals surface area (Å²) in [6.45, 7) is 0.418. The molecule has 134 valence electrons. The van der Waals surface area contributed by atoms with Gasteiger partial charge >= 0.3 is 0 Å². The van der Waals surface area contributed by atoms with E-state index in [2.05, 4.69) is 10.3 Å². The third-order valence-corrected chi connectivity index (χ3v) is 4.28. The fourth-order valence-corrected chi connectivity index (χ4v) is 2.88. The second-order valence-electron chi connectivity index (χ2n) is 5.65. The minimum Gasteiger partial charge on any atom is -0.496 e. The van der Waals surface area contributed by atoms with Crippen molar-refractivity contribution >= 4 is 28.4 Å². The van der Waals surface area contributed by atoms with Crippen LogP contribution in [0.2, 0.25) is 5.02 Å². The Labute approximate surface area is 156 Å². The monoisotopic (exact) mass is 370 g/mol. The second-order valence-corrected chi connectivity index (χ2v) is 6.05. The smallest absolute Gasteiger partial charge is 0.257 e. The molecule has 3 rings (SSSR count). The lowest BCUT2D eigenvalue weighted by molar-refractivity contribution is -0.123. The Morgan fingerprint density at radius 3 is 2.81 bits per heavy atom. The summed E-state index contributed by atoms with van der Waals surface area (Å²) in [4.78, 5) is 16.3. The Morgan fingerprint density at radius 1 is 1.12 bits per heavy atom. The molecule has 2 aromatic carbocycles. The molecule has 1 N–H and O–H groups in total. The van der Waals surface area contributed by atoms with E-state index in [0.29, 0.717) is 29.3 Å². The maximum absolute atomic E-state index is 12.1. The standard InChI is InChI=1S/C20H19ClN2O3/c1-25-17-7-3-2-5-14(17)10-12-22-19(24)13-26-18-9-8-16(21)15-6-4-11-23-20(15)18/h2-9,11H,10,12-13H2,1H3,(H,22,24). The highest BCUT2D eigenvalue weighted by atomic mass is 35.5. The van der Waals surface area contributed by atoms with Gasteiger partial charge in [0.1, 0.15) is 17.0 Å². The molecule has 0 spiro atoms. The van der Waals surface area contributed by atoms with Crippen LogP contribution in [0.1, 0.15) is 5.56 Å². The molecule has 26 heavy (non-hydrogen) atoms. The summed E-state index contributed by atoms with van der Waals surface area (Å²) < 4.78 is 10.9. The number of hydrogen-bond donors (Lipinski definition) is 1. The Hall–Kier alpha value is -2.79. The molecule has 0 unspecified atom stereocenters. The highest BCUT2D eigenvalue weighted by molar-refractivity contribution is 6.35. The van der Waals surface area contributed by atoms with Crippen LogP contribution >= 0.6 is 11.6 Å². The number of amides is 1. The summed E-state index contributed by atoms with van der Waals surface area (Å²) in [5.41, 5.74) is 1.69. The van der Waals surface area contributed by atoms with Gasteiger partial charge in [-0.15, -0.1) is 0 Å². The number of rotatable bonds is 7. The van der Waals surface area contributed by atoms with Crippen LogP contribution in [0.3, 0.4) is 0 Å². The van der Waals surface area contributed by atoms with Gasteiger partial charge < -0.3 is 14.8 Å². The molecule has 3 aromatic rings. The highest BCUT2D eigenvalue weighted by Gasteiger charge is 2.09. The van der Waals surface area contributed by atoms with Crippen LogP contribution in [0.25, 0.3) is 10.9 Å². The first-order valence-electron chi connectivity index (χ1n) is 8.23. The van der Waals surface area contributed by atoms with E-state index >= 15 is 0 Å². The maximum Gasteiger partial charge on any atom is 0.257 e. The molecule has 0 saturated carbocycles. The third-order valence-electron chi connectivity index (χ3n) is 3.95. The van der Waals surface area contributed by atoms with Gasteiger partial charge in [0, 0.05) is 18.1 Å². The fourth-order valence-electron chi connectivity index (χ4n) is 2.67. The van der Waals surface area contributed by atoms with Crippen LogP contribution in [0.4, 0.5) is 0 Å². The van der Waals surface area contributed by atoms with Crippen LogP contribution in [0.15, 0.2) is 54.7 Å². The number of halogens is 1. The molecule has 6 heteroatoms. The molecule has 0 radical (unpaired) electrons. The predicted molar refractivity (Wildman–Crippen MR) is 102 cm³/mol. The maximum atomic E-state index is 12.1. The topological polar surface area (TPSA) is 60.5 Å². The van der Waals surface area contributed by atoms with Crippen LogP contribution < -0.4 is 14.8 Å². The number of carbonyl (C=O) groups excluding carboxylic acids is 1. The van der Waals surface area contributed by atoms with Crippen molar-refractivity contribution in [2.75, 3.05) is 20.3 Å². The van der Waals surface area contributed by atoms with E-state index in [-0.39, 0.29) is 12.5 Å². The van der Waals surface area contributed by atoms with Gasteiger partial charge in [-0.25, -0.2) is 0 Å². The lowest BCUT2D eigenvalue weighted by atomic mass is 10.1. The summed E-state index contributed by atoms with van der Waals surface area (Å²) in [6, 6.07) is 14.9. The fraction of sp³-hybridized carbons (Fsp3) is 0.200. The van der Waals surface area contributed by atoms with Gasteiger partial charge in [-0.05, 0) is 42.3 Å². The van der Waals surface area contributed by atoms with Gasteiger partial charge in [-0.3, -0.25) is 9.78 Å². The van der Waals surface area contributed by atoms with Crippen LogP contribution in [0, 0.1) is 0 Å². The first-order chi connectivity index (χ1) is 12.7. The molecule has 0 bridgehead atoms. The van der Waals surface area contributed by atoms with E-state index in [4.69, 9.17) is 21.1 Å². The summed E-state index contributed by atoms with van der Waals surface area (Å²) >= 11 is 6.16. The lowest BCUT2D eigenvalue weighted by Crippen LogP contribution is -2.30. The number of ether oxygens (including phenoxy) is 2. The molecule has 0 fully saturated rings. The molecule has 1 aromatic heterocycles. The summed E-state index contributed by atoms with van der Waals surface area (Å²) in [5.74, 6) is 1.15. The van der Waals surface area contributed by atoms with Crippen molar-refractivity contribution in [1.82, 2.24) is 10.3 Å². The number of pyridine rings is 1. The van der Waals surface area contributed by atoms with Gasteiger partial charge in [0.15, 0.2) is 6.61 Å². The van der Waals surface area contributed by atoms with E-state index in [0.717, 1.165) is 16.7 Å². The average molecular weight is 371 g/mol. The van der Waals surface area contributed by atoms with Crippen molar-refractivity contribution in [3.63, 3.8) is 0 Å². The summed E-state index contributed by atoms with van der Waals surface area (Å²) in [5, 5.41) is 4.24. The zero-order chi connectivity index (χ0) is 18.4. The van der Waals surface area contributed by atoms with Gasteiger partial charge in [0.05, 0.1) is 12.1 Å². The van der Waals surface area contributed by atoms with E-state index in [1.807, 2.05) is 36.4 Å². The van der Waals surface area contributed by atoms with Crippen molar-refractivity contribution in [1.29, 1.82) is 0 Å². The normalized spacial score (nSPS) is 10.5. The van der Waals surface area contributed by atoms with E-state index in [9.17, 15) is 4.79 Å². The van der Waals surface area contributed by atoms with Crippen molar-refractivity contribution in [2.45, 2.75) is 6.42 Å². The van der Waals surface area contributed by atoms with Crippen molar-refractivity contribution < 1.29 is 14.3 Å². The molecule has 0 saturated heterocycles. The van der Waals surface area contributed by atoms with Crippen molar-refractivity contribution in [2.24, 2.45) is 0 Å². The number of methoxy groups -OCH3 is 1. The molecule has 1 heterocycles. The van der Waals surface area contributed by atoms with Gasteiger partial charge in [0.2, 0.25) is 0 Å². The zero-order valence-electron chi connectivity index (χ0n) is 14.4. The Balaban J connectivity index is 1.54. The summed E-state index contributed by atoms with van der Waals surface area (Å²) in [6.07, 6.45) is 2.35. The van der Waals surface area contributed by atoms with E-state index in [1.165, 1.54) is 0 Å². The van der Waals surface area contributed by atoms with Crippen molar-refractivity contribution in [3.8, 4) is 11.5 Å². The minimum atomic E-state index is -0.195. The van der Waals surface area contributed by atoms with Gasteiger partial charge in [-0.1, -0.05) is 29.8 Å². The van der Waals surface area contributed by atoms with Gasteiger partial charge in [0.25, 0.3) is 5.91 Å². The molecule has 0 aliphatic rings. The second kappa shape index (κ2) is 8.54. The number of para-hydroxylation sites is 1. The molecular weight excluding hydrogens is 352 g/mol. The number of benzene rings is 2. The quantitative estimate of drug-likeness (QED) is 0.689. The third kappa shape index (κ3) is 4.24. The number of aromatic nitrogens is 1. The van der Waals surface area contributed by atoms with E-state index in [1.54, 1.807) is 25.4 Å². The largest absolute Gasteiger partial charge is 0.496 e. The minimum absolute atomic E-state index is 0.0841. The Bertz CT molecular complexity index is 914. The first-order valence-corrected chi connectivity index (χ1v) is 8.61.